The zero-order valence-corrected chi connectivity index (χ0v) is 8.35. The van der Waals surface area contributed by atoms with E-state index in [0.29, 0.717) is 0 Å². The predicted octanol–water partition coefficient (Wildman–Crippen LogP) is 2.60. The molecule has 3 rings (SSSR count). The van der Waals surface area contributed by atoms with E-state index in [4.69, 9.17) is 0 Å². The second kappa shape index (κ2) is 2.94. The van der Waals surface area contributed by atoms with Gasteiger partial charge >= 0.3 is 0 Å². The molecule has 1 atom stereocenters. The molecular weight excluding hydrogens is 184 g/mol. The summed E-state index contributed by atoms with van der Waals surface area (Å²) in [6.45, 7) is 0. The van der Waals surface area contributed by atoms with E-state index in [0.717, 1.165) is 17.6 Å². The lowest BCUT2D eigenvalue weighted by Crippen LogP contribution is -2.30. The minimum absolute atomic E-state index is 0.900. The van der Waals surface area contributed by atoms with E-state index in [9.17, 15) is 5.11 Å². The zero-order chi connectivity index (χ0) is 10.3. The average Bonchev–Trinajstić information content (AvgIpc) is 2.28. The van der Waals surface area contributed by atoms with Gasteiger partial charge in [0.25, 0.3) is 0 Å². The molecule has 0 aliphatic heterocycles. The van der Waals surface area contributed by atoms with E-state index >= 15 is 0 Å². The van der Waals surface area contributed by atoms with Crippen LogP contribution in [0.3, 0.4) is 0 Å². The van der Waals surface area contributed by atoms with Crippen LogP contribution in [0.15, 0.2) is 71.4 Å². The van der Waals surface area contributed by atoms with E-state index in [2.05, 4.69) is 18.2 Å². The van der Waals surface area contributed by atoms with Gasteiger partial charge in [0.2, 0.25) is 0 Å². The van der Waals surface area contributed by atoms with Gasteiger partial charge in [0.15, 0.2) is 0 Å². The predicted molar refractivity (Wildman–Crippen MR) is 61.2 cm³/mol. The zero-order valence-electron chi connectivity index (χ0n) is 8.35. The molecule has 3 aliphatic carbocycles. The van der Waals surface area contributed by atoms with Crippen molar-refractivity contribution >= 4 is 0 Å². The second-order valence-electron chi connectivity index (χ2n) is 4.00. The highest BCUT2D eigenvalue weighted by atomic mass is 16.3. The first-order valence-corrected chi connectivity index (χ1v) is 5.19. The molecule has 0 fully saturated rings. The number of fused-ring (bicyclic) bond motifs is 2. The molecule has 15 heavy (non-hydrogen) atoms. The minimum Gasteiger partial charge on any atom is -0.377 e. The fourth-order valence-corrected chi connectivity index (χ4v) is 2.24. The summed E-state index contributed by atoms with van der Waals surface area (Å²) in [4.78, 5) is 0. The van der Waals surface area contributed by atoms with Crippen LogP contribution in [0, 0.1) is 0 Å². The van der Waals surface area contributed by atoms with Crippen molar-refractivity contribution in [1.82, 2.24) is 0 Å². The van der Waals surface area contributed by atoms with Crippen molar-refractivity contribution in [3.63, 3.8) is 0 Å². The van der Waals surface area contributed by atoms with Crippen molar-refractivity contribution in [1.29, 1.82) is 0 Å². The van der Waals surface area contributed by atoms with Crippen LogP contribution in [0.4, 0.5) is 0 Å². The van der Waals surface area contributed by atoms with E-state index in [1.807, 2.05) is 36.5 Å². The minimum atomic E-state index is -0.900. The van der Waals surface area contributed by atoms with E-state index < -0.39 is 5.60 Å². The van der Waals surface area contributed by atoms with Gasteiger partial charge in [-0.15, -0.1) is 0 Å². The van der Waals surface area contributed by atoms with Gasteiger partial charge in [0.05, 0.1) is 0 Å². The van der Waals surface area contributed by atoms with Crippen LogP contribution in [-0.4, -0.2) is 10.7 Å². The van der Waals surface area contributed by atoms with Gasteiger partial charge in [-0.1, -0.05) is 42.5 Å². The third-order valence-electron chi connectivity index (χ3n) is 3.03. The largest absolute Gasteiger partial charge is 0.377 e. The molecule has 0 saturated carbocycles. The van der Waals surface area contributed by atoms with Crippen LogP contribution in [0.2, 0.25) is 0 Å². The highest BCUT2D eigenvalue weighted by Gasteiger charge is 2.31. The summed E-state index contributed by atoms with van der Waals surface area (Å²) < 4.78 is 0. The molecule has 1 N–H and O–H groups in total. The summed E-state index contributed by atoms with van der Waals surface area (Å²) in [6.07, 6.45) is 18.9. The van der Waals surface area contributed by atoms with Gasteiger partial charge in [-0.05, 0) is 35.3 Å². The first-order chi connectivity index (χ1) is 7.30. The van der Waals surface area contributed by atoms with Gasteiger partial charge < -0.3 is 5.11 Å². The molecule has 0 saturated heterocycles. The second-order valence-corrected chi connectivity index (χ2v) is 4.00. The lowest BCUT2D eigenvalue weighted by molar-refractivity contribution is 0.182. The SMILES string of the molecule is OC12C=CC=CC1=C1C=CCC=C1C=C2. The average molecular weight is 196 g/mol. The van der Waals surface area contributed by atoms with Gasteiger partial charge in [-0.3, -0.25) is 0 Å². The summed E-state index contributed by atoms with van der Waals surface area (Å²) in [6, 6.07) is 0. The molecule has 74 valence electrons. The number of aliphatic hydroxyl groups is 1. The normalized spacial score (nSPS) is 31.4. The molecule has 0 radical (unpaired) electrons. The van der Waals surface area contributed by atoms with Crippen LogP contribution in [-0.2, 0) is 0 Å². The Morgan fingerprint density at radius 2 is 2.00 bits per heavy atom. The van der Waals surface area contributed by atoms with Crippen LogP contribution in [0.25, 0.3) is 0 Å². The van der Waals surface area contributed by atoms with Crippen molar-refractivity contribution in [2.24, 2.45) is 0 Å². The highest BCUT2D eigenvalue weighted by molar-refractivity contribution is 5.64. The molecule has 0 spiro atoms. The molecule has 0 heterocycles. The Hall–Kier alpha value is -1.60. The Morgan fingerprint density at radius 1 is 1.07 bits per heavy atom. The van der Waals surface area contributed by atoms with Crippen LogP contribution < -0.4 is 0 Å². The van der Waals surface area contributed by atoms with Crippen molar-refractivity contribution in [2.45, 2.75) is 12.0 Å². The molecular formula is C14H12O. The van der Waals surface area contributed by atoms with Gasteiger partial charge in [-0.25, -0.2) is 0 Å². The van der Waals surface area contributed by atoms with Gasteiger partial charge in [0.1, 0.15) is 5.60 Å². The maximum absolute atomic E-state index is 10.4. The number of hydrogen-bond acceptors (Lipinski definition) is 1. The van der Waals surface area contributed by atoms with Crippen molar-refractivity contribution in [2.75, 3.05) is 0 Å². The van der Waals surface area contributed by atoms with Crippen LogP contribution >= 0.6 is 0 Å². The lowest BCUT2D eigenvalue weighted by atomic mass is 9.78. The summed E-state index contributed by atoms with van der Waals surface area (Å²) in [5.74, 6) is 0. The first-order valence-electron chi connectivity index (χ1n) is 5.19. The molecule has 0 aromatic carbocycles. The van der Waals surface area contributed by atoms with Gasteiger partial charge in [0, 0.05) is 0 Å². The molecule has 3 aliphatic rings. The van der Waals surface area contributed by atoms with Crippen molar-refractivity contribution < 1.29 is 5.11 Å². The molecule has 1 unspecified atom stereocenters. The third kappa shape index (κ3) is 1.20. The Bertz CT molecular complexity index is 483. The van der Waals surface area contributed by atoms with Crippen molar-refractivity contribution in [3.8, 4) is 0 Å². The first kappa shape index (κ1) is 8.69. The fourth-order valence-electron chi connectivity index (χ4n) is 2.24. The Kier molecular flexibility index (Phi) is 1.70. The molecule has 0 aromatic heterocycles. The molecule has 0 bridgehead atoms. The van der Waals surface area contributed by atoms with E-state index in [-0.39, 0.29) is 0 Å². The summed E-state index contributed by atoms with van der Waals surface area (Å²) in [7, 11) is 0. The summed E-state index contributed by atoms with van der Waals surface area (Å²) in [5.41, 5.74) is 2.45. The topological polar surface area (TPSA) is 20.2 Å². The quantitative estimate of drug-likeness (QED) is 0.631. The summed E-state index contributed by atoms with van der Waals surface area (Å²) >= 11 is 0. The smallest absolute Gasteiger partial charge is 0.128 e. The van der Waals surface area contributed by atoms with Gasteiger partial charge in [-0.2, -0.15) is 0 Å². The Morgan fingerprint density at radius 3 is 2.93 bits per heavy atom. The van der Waals surface area contributed by atoms with Crippen molar-refractivity contribution in [3.05, 3.63) is 71.4 Å². The number of allylic oxidation sites excluding steroid dienone is 8. The number of hydrogen-bond donors (Lipinski definition) is 1. The molecule has 0 aromatic rings. The molecule has 1 nitrogen and oxygen atoms in total. The fraction of sp³-hybridized carbons (Fsp3) is 0.143. The third-order valence-corrected chi connectivity index (χ3v) is 3.03. The van der Waals surface area contributed by atoms with E-state index in [1.165, 1.54) is 5.57 Å². The van der Waals surface area contributed by atoms with Crippen LogP contribution in [0.1, 0.15) is 6.42 Å². The standard InChI is InChI=1S/C14H12O/c15-14-9-4-3-7-13(14)12-6-2-1-5-11(12)8-10-14/h2-10,15H,1H2. The lowest BCUT2D eigenvalue weighted by Gasteiger charge is -2.31. The monoisotopic (exact) mass is 196 g/mol. The molecule has 1 heteroatoms. The Labute approximate surface area is 89.1 Å². The summed E-state index contributed by atoms with van der Waals surface area (Å²) in [5, 5.41) is 10.4. The Balaban J connectivity index is 2.23. The number of rotatable bonds is 0. The van der Waals surface area contributed by atoms with Crippen LogP contribution in [0.5, 0.6) is 0 Å². The molecule has 0 amide bonds. The maximum atomic E-state index is 10.4. The van der Waals surface area contributed by atoms with E-state index in [1.54, 1.807) is 0 Å². The maximum Gasteiger partial charge on any atom is 0.128 e. The highest BCUT2D eigenvalue weighted by Crippen LogP contribution is 2.37.